The molecule has 0 saturated heterocycles. The van der Waals surface area contributed by atoms with E-state index in [0.29, 0.717) is 5.46 Å². The number of benzene rings is 1. The Morgan fingerprint density at radius 1 is 0.739 bits per heavy atom. The van der Waals surface area contributed by atoms with Crippen molar-refractivity contribution in [2.75, 3.05) is 6.61 Å². The molecule has 1 aromatic rings. The summed E-state index contributed by atoms with van der Waals surface area (Å²) < 4.78 is 5.66. The van der Waals surface area contributed by atoms with Gasteiger partial charge < -0.3 is 14.8 Å². The number of hydrogen-bond donors (Lipinski definition) is 2. The quantitative estimate of drug-likeness (QED) is 0.401. The van der Waals surface area contributed by atoms with Gasteiger partial charge in [-0.3, -0.25) is 0 Å². The molecule has 0 amide bonds. The Balaban J connectivity index is 1.89. The molecular formula is C19H33BO3. The van der Waals surface area contributed by atoms with Crippen molar-refractivity contribution in [3.05, 3.63) is 24.3 Å². The fourth-order valence-electron chi connectivity index (χ4n) is 2.69. The first-order valence-electron chi connectivity index (χ1n) is 9.33. The minimum atomic E-state index is -1.41. The van der Waals surface area contributed by atoms with Crippen LogP contribution in [0.1, 0.15) is 77.6 Å². The molecule has 0 aliphatic carbocycles. The van der Waals surface area contributed by atoms with Crippen molar-refractivity contribution in [2.24, 2.45) is 0 Å². The van der Waals surface area contributed by atoms with Crippen LogP contribution in [0.2, 0.25) is 0 Å². The van der Waals surface area contributed by atoms with E-state index in [1.165, 1.54) is 64.2 Å². The molecule has 0 aliphatic rings. The van der Waals surface area contributed by atoms with Crippen molar-refractivity contribution in [1.82, 2.24) is 0 Å². The monoisotopic (exact) mass is 320 g/mol. The zero-order valence-corrected chi connectivity index (χ0v) is 14.7. The SMILES string of the molecule is CCCCCCCCCCCCCOc1ccc(B(O)O)cc1. The molecule has 0 fully saturated rings. The predicted octanol–water partition coefficient (Wildman–Crippen LogP) is 4.06. The van der Waals surface area contributed by atoms with E-state index >= 15 is 0 Å². The lowest BCUT2D eigenvalue weighted by Crippen LogP contribution is -2.29. The van der Waals surface area contributed by atoms with Gasteiger partial charge in [-0.15, -0.1) is 0 Å². The van der Waals surface area contributed by atoms with Gasteiger partial charge in [-0.1, -0.05) is 83.3 Å². The second-order valence-corrected chi connectivity index (χ2v) is 6.33. The van der Waals surface area contributed by atoms with Crippen molar-refractivity contribution < 1.29 is 14.8 Å². The van der Waals surface area contributed by atoms with Gasteiger partial charge in [0.25, 0.3) is 0 Å². The molecule has 0 aromatic heterocycles. The number of ether oxygens (including phenoxy) is 1. The molecule has 0 spiro atoms. The smallest absolute Gasteiger partial charge is 0.488 e. The Hall–Kier alpha value is -0.995. The second kappa shape index (κ2) is 13.4. The fraction of sp³-hybridized carbons (Fsp3) is 0.684. The van der Waals surface area contributed by atoms with Gasteiger partial charge in [-0.2, -0.15) is 0 Å². The Bertz CT molecular complexity index is 379. The molecule has 3 nitrogen and oxygen atoms in total. The van der Waals surface area contributed by atoms with Gasteiger partial charge in [0.2, 0.25) is 0 Å². The van der Waals surface area contributed by atoms with Crippen molar-refractivity contribution in [1.29, 1.82) is 0 Å². The van der Waals surface area contributed by atoms with Crippen LogP contribution in [0.25, 0.3) is 0 Å². The Morgan fingerprint density at radius 3 is 1.70 bits per heavy atom. The lowest BCUT2D eigenvalue weighted by atomic mass is 9.80. The molecule has 0 atom stereocenters. The largest absolute Gasteiger partial charge is 0.494 e. The minimum Gasteiger partial charge on any atom is -0.494 e. The molecule has 23 heavy (non-hydrogen) atoms. The lowest BCUT2D eigenvalue weighted by molar-refractivity contribution is 0.304. The molecule has 4 heteroatoms. The van der Waals surface area contributed by atoms with Crippen LogP contribution < -0.4 is 10.2 Å². The molecule has 1 aromatic carbocycles. The van der Waals surface area contributed by atoms with Crippen LogP contribution >= 0.6 is 0 Å². The van der Waals surface area contributed by atoms with Crippen LogP contribution in [0.4, 0.5) is 0 Å². The van der Waals surface area contributed by atoms with Crippen LogP contribution in [0.5, 0.6) is 5.75 Å². The molecule has 0 unspecified atom stereocenters. The summed E-state index contributed by atoms with van der Waals surface area (Å²) in [5.74, 6) is 0.793. The molecule has 130 valence electrons. The van der Waals surface area contributed by atoms with Crippen LogP contribution in [0, 0.1) is 0 Å². The zero-order valence-electron chi connectivity index (χ0n) is 14.7. The van der Waals surface area contributed by atoms with E-state index in [4.69, 9.17) is 14.8 Å². The third kappa shape index (κ3) is 10.4. The normalized spacial score (nSPS) is 10.7. The highest BCUT2D eigenvalue weighted by atomic mass is 16.5. The summed E-state index contributed by atoms with van der Waals surface area (Å²) in [7, 11) is -1.41. The van der Waals surface area contributed by atoms with E-state index in [0.717, 1.165) is 18.8 Å². The van der Waals surface area contributed by atoms with Gasteiger partial charge in [0.05, 0.1) is 6.61 Å². The fourth-order valence-corrected chi connectivity index (χ4v) is 2.69. The Kier molecular flexibility index (Phi) is 11.7. The van der Waals surface area contributed by atoms with Gasteiger partial charge >= 0.3 is 7.12 Å². The first-order valence-corrected chi connectivity index (χ1v) is 9.33. The van der Waals surface area contributed by atoms with Gasteiger partial charge in [0, 0.05) is 0 Å². The number of rotatable bonds is 14. The highest BCUT2D eigenvalue weighted by molar-refractivity contribution is 6.58. The molecule has 2 N–H and O–H groups in total. The first kappa shape index (κ1) is 20.1. The highest BCUT2D eigenvalue weighted by Gasteiger charge is 2.09. The third-order valence-electron chi connectivity index (χ3n) is 4.19. The summed E-state index contributed by atoms with van der Waals surface area (Å²) in [5, 5.41) is 18.0. The van der Waals surface area contributed by atoms with Crippen LogP contribution in [0.15, 0.2) is 24.3 Å². The van der Waals surface area contributed by atoms with E-state index in [9.17, 15) is 0 Å². The summed E-state index contributed by atoms with van der Waals surface area (Å²) in [6.07, 6.45) is 14.7. The minimum absolute atomic E-state index is 0.493. The summed E-state index contributed by atoms with van der Waals surface area (Å²) in [5.41, 5.74) is 0.493. The van der Waals surface area contributed by atoms with Gasteiger partial charge in [0.1, 0.15) is 5.75 Å². The van der Waals surface area contributed by atoms with Gasteiger partial charge in [-0.25, -0.2) is 0 Å². The molecule has 0 radical (unpaired) electrons. The standard InChI is InChI=1S/C19H33BO3/c1-2-3-4-5-6-7-8-9-10-11-12-17-23-19-15-13-18(14-16-19)20(21)22/h13-16,21-22H,2-12,17H2,1H3. The Morgan fingerprint density at radius 2 is 1.22 bits per heavy atom. The average Bonchev–Trinajstić information content (AvgIpc) is 2.56. The van der Waals surface area contributed by atoms with Crippen molar-refractivity contribution in [3.8, 4) is 5.75 Å². The molecular weight excluding hydrogens is 287 g/mol. The van der Waals surface area contributed by atoms with E-state index in [2.05, 4.69) is 6.92 Å². The Labute approximate surface area is 142 Å². The van der Waals surface area contributed by atoms with Crippen molar-refractivity contribution in [3.63, 3.8) is 0 Å². The van der Waals surface area contributed by atoms with E-state index in [1.807, 2.05) is 0 Å². The van der Waals surface area contributed by atoms with Crippen LogP contribution in [-0.4, -0.2) is 23.8 Å². The average molecular weight is 320 g/mol. The maximum Gasteiger partial charge on any atom is 0.488 e. The topological polar surface area (TPSA) is 49.7 Å². The van der Waals surface area contributed by atoms with E-state index in [1.54, 1.807) is 24.3 Å². The third-order valence-corrected chi connectivity index (χ3v) is 4.19. The molecule has 0 aliphatic heterocycles. The molecule has 0 saturated carbocycles. The maximum absolute atomic E-state index is 9.02. The van der Waals surface area contributed by atoms with Crippen molar-refractivity contribution in [2.45, 2.75) is 77.6 Å². The lowest BCUT2D eigenvalue weighted by Gasteiger charge is -2.07. The summed E-state index contributed by atoms with van der Waals surface area (Å²) in [4.78, 5) is 0. The van der Waals surface area contributed by atoms with Gasteiger partial charge in [-0.05, 0) is 24.0 Å². The molecule has 1 rings (SSSR count). The highest BCUT2D eigenvalue weighted by Crippen LogP contribution is 2.12. The molecule has 0 bridgehead atoms. The van der Waals surface area contributed by atoms with Crippen LogP contribution in [0.3, 0.4) is 0 Å². The second-order valence-electron chi connectivity index (χ2n) is 6.33. The number of hydrogen-bond acceptors (Lipinski definition) is 3. The maximum atomic E-state index is 9.02. The number of unbranched alkanes of at least 4 members (excludes halogenated alkanes) is 10. The van der Waals surface area contributed by atoms with Crippen LogP contribution in [-0.2, 0) is 0 Å². The molecule has 0 heterocycles. The predicted molar refractivity (Wildman–Crippen MR) is 98.2 cm³/mol. The van der Waals surface area contributed by atoms with Gasteiger partial charge in [0.15, 0.2) is 0 Å². The summed E-state index contributed by atoms with van der Waals surface area (Å²) >= 11 is 0. The zero-order chi connectivity index (χ0) is 16.8. The summed E-state index contributed by atoms with van der Waals surface area (Å²) in [6, 6.07) is 6.93. The first-order chi connectivity index (χ1) is 11.2. The van der Waals surface area contributed by atoms with E-state index in [-0.39, 0.29) is 0 Å². The van der Waals surface area contributed by atoms with E-state index < -0.39 is 7.12 Å². The summed E-state index contributed by atoms with van der Waals surface area (Å²) in [6.45, 7) is 3.00. The van der Waals surface area contributed by atoms with Crippen molar-refractivity contribution >= 4 is 12.6 Å².